The van der Waals surface area contributed by atoms with Gasteiger partial charge in [-0.25, -0.2) is 0 Å². The molecule has 1 atom stereocenters. The van der Waals surface area contributed by atoms with Gasteiger partial charge in [0.15, 0.2) is 6.61 Å². The van der Waals surface area contributed by atoms with Crippen LogP contribution >= 0.6 is 0 Å². The topological polar surface area (TPSA) is 49.8 Å². The molecule has 0 bridgehead atoms. The average Bonchev–Trinajstić information content (AvgIpc) is 2.90. The Morgan fingerprint density at radius 1 is 1.42 bits per heavy atom. The zero-order chi connectivity index (χ0) is 13.8. The molecule has 1 fully saturated rings. The molecule has 1 aliphatic heterocycles. The summed E-state index contributed by atoms with van der Waals surface area (Å²) in [5, 5.41) is 9.50. The molecule has 0 unspecified atom stereocenters. The second-order valence-electron chi connectivity index (χ2n) is 5.08. The zero-order valence-electron chi connectivity index (χ0n) is 11.6. The van der Waals surface area contributed by atoms with Crippen molar-refractivity contribution in [1.82, 2.24) is 4.90 Å². The second-order valence-corrected chi connectivity index (χ2v) is 5.08. The molecule has 0 radical (unpaired) electrons. The van der Waals surface area contributed by atoms with Gasteiger partial charge in [-0.2, -0.15) is 0 Å². The highest BCUT2D eigenvalue weighted by molar-refractivity contribution is 5.78. The summed E-state index contributed by atoms with van der Waals surface area (Å²) in [5.74, 6) is 0.758. The monoisotopic (exact) mass is 263 g/mol. The number of carbonyl (C=O) groups is 1. The minimum Gasteiger partial charge on any atom is -0.484 e. The highest BCUT2D eigenvalue weighted by atomic mass is 16.5. The van der Waals surface area contributed by atoms with Gasteiger partial charge in [0.1, 0.15) is 5.75 Å². The molecule has 0 aliphatic carbocycles. The minimum atomic E-state index is -0.487. The molecule has 2 rings (SSSR count). The molecule has 1 aromatic carbocycles. The fourth-order valence-electron chi connectivity index (χ4n) is 2.29. The van der Waals surface area contributed by atoms with Crippen LogP contribution in [0.1, 0.15) is 37.0 Å². The lowest BCUT2D eigenvalue weighted by Gasteiger charge is -2.16. The first kappa shape index (κ1) is 13.9. The number of aryl methyl sites for hydroxylation is 1. The maximum Gasteiger partial charge on any atom is 0.260 e. The molecule has 1 aliphatic rings. The Kier molecular flexibility index (Phi) is 4.43. The van der Waals surface area contributed by atoms with E-state index in [1.54, 1.807) is 6.92 Å². The van der Waals surface area contributed by atoms with Crippen LogP contribution in [-0.4, -0.2) is 35.6 Å². The number of carbonyl (C=O) groups excluding carboxylic acids is 1. The number of aliphatic hydroxyl groups is 1. The van der Waals surface area contributed by atoms with Crippen molar-refractivity contribution in [3.05, 3.63) is 29.3 Å². The van der Waals surface area contributed by atoms with Crippen molar-refractivity contribution >= 4 is 5.91 Å². The van der Waals surface area contributed by atoms with E-state index in [4.69, 9.17) is 4.74 Å². The second kappa shape index (κ2) is 6.06. The van der Waals surface area contributed by atoms with E-state index in [2.05, 4.69) is 0 Å². The highest BCUT2D eigenvalue weighted by Gasteiger charge is 2.18. The van der Waals surface area contributed by atoms with Gasteiger partial charge in [0, 0.05) is 13.1 Å². The first-order chi connectivity index (χ1) is 9.08. The van der Waals surface area contributed by atoms with E-state index in [9.17, 15) is 9.90 Å². The van der Waals surface area contributed by atoms with Gasteiger partial charge >= 0.3 is 0 Å². The molecule has 1 saturated heterocycles. The SMILES string of the molecule is Cc1cc([C@H](C)O)ccc1OCC(=O)N1CCCC1. The Balaban J connectivity index is 1.94. The van der Waals surface area contributed by atoms with Gasteiger partial charge in [-0.05, 0) is 49.9 Å². The Morgan fingerprint density at radius 3 is 2.68 bits per heavy atom. The van der Waals surface area contributed by atoms with E-state index in [0.717, 1.165) is 37.1 Å². The van der Waals surface area contributed by atoms with Gasteiger partial charge in [0.25, 0.3) is 5.91 Å². The number of benzene rings is 1. The predicted octanol–water partition coefficient (Wildman–Crippen LogP) is 2.05. The smallest absolute Gasteiger partial charge is 0.260 e. The lowest BCUT2D eigenvalue weighted by Crippen LogP contribution is -2.32. The number of ether oxygens (including phenoxy) is 1. The van der Waals surface area contributed by atoms with Crippen LogP contribution in [0.2, 0.25) is 0 Å². The average molecular weight is 263 g/mol. The van der Waals surface area contributed by atoms with Gasteiger partial charge in [0.05, 0.1) is 6.10 Å². The van der Waals surface area contributed by atoms with Crippen LogP contribution in [0.5, 0.6) is 5.75 Å². The van der Waals surface area contributed by atoms with E-state index in [1.807, 2.05) is 30.0 Å². The van der Waals surface area contributed by atoms with Crippen LogP contribution in [0.3, 0.4) is 0 Å². The summed E-state index contributed by atoms with van der Waals surface area (Å²) in [5.41, 5.74) is 1.79. The van der Waals surface area contributed by atoms with Crippen LogP contribution < -0.4 is 4.74 Å². The first-order valence-corrected chi connectivity index (χ1v) is 6.77. The predicted molar refractivity (Wildman–Crippen MR) is 73.1 cm³/mol. The van der Waals surface area contributed by atoms with Gasteiger partial charge < -0.3 is 14.7 Å². The maximum atomic E-state index is 11.9. The van der Waals surface area contributed by atoms with Crippen molar-refractivity contribution in [1.29, 1.82) is 0 Å². The molecular formula is C15H21NO3. The standard InChI is InChI=1S/C15H21NO3/c1-11-9-13(12(2)17)5-6-14(11)19-10-15(18)16-7-3-4-8-16/h5-6,9,12,17H,3-4,7-8,10H2,1-2H3/t12-/m0/s1. The van der Waals surface area contributed by atoms with Crippen molar-refractivity contribution in [2.45, 2.75) is 32.8 Å². The molecule has 1 amide bonds. The molecule has 1 heterocycles. The number of rotatable bonds is 4. The number of aliphatic hydroxyl groups excluding tert-OH is 1. The van der Waals surface area contributed by atoms with E-state index in [1.165, 1.54) is 0 Å². The van der Waals surface area contributed by atoms with E-state index >= 15 is 0 Å². The number of likely N-dealkylation sites (tertiary alicyclic amines) is 1. The Morgan fingerprint density at radius 2 is 2.11 bits per heavy atom. The maximum absolute atomic E-state index is 11.9. The third-order valence-corrected chi connectivity index (χ3v) is 3.49. The normalized spacial score (nSPS) is 16.5. The van der Waals surface area contributed by atoms with Crippen molar-refractivity contribution in [2.24, 2.45) is 0 Å². The van der Waals surface area contributed by atoms with E-state index in [-0.39, 0.29) is 12.5 Å². The van der Waals surface area contributed by atoms with E-state index in [0.29, 0.717) is 5.75 Å². The Bertz CT molecular complexity index is 451. The summed E-state index contributed by atoms with van der Waals surface area (Å²) in [6, 6.07) is 5.53. The van der Waals surface area contributed by atoms with Crippen molar-refractivity contribution < 1.29 is 14.6 Å². The molecule has 1 N–H and O–H groups in total. The summed E-state index contributed by atoms with van der Waals surface area (Å²) in [7, 11) is 0. The third kappa shape index (κ3) is 3.47. The third-order valence-electron chi connectivity index (χ3n) is 3.49. The molecule has 0 spiro atoms. The molecule has 0 saturated carbocycles. The lowest BCUT2D eigenvalue weighted by atomic mass is 10.1. The highest BCUT2D eigenvalue weighted by Crippen LogP contribution is 2.22. The molecular weight excluding hydrogens is 242 g/mol. The summed E-state index contributed by atoms with van der Waals surface area (Å²) in [6.45, 7) is 5.44. The lowest BCUT2D eigenvalue weighted by molar-refractivity contribution is -0.132. The molecule has 4 nitrogen and oxygen atoms in total. The van der Waals surface area contributed by atoms with Crippen molar-refractivity contribution in [3.63, 3.8) is 0 Å². The van der Waals surface area contributed by atoms with Gasteiger partial charge in [0.2, 0.25) is 0 Å². The largest absolute Gasteiger partial charge is 0.484 e. The van der Waals surface area contributed by atoms with Crippen LogP contribution in [0.4, 0.5) is 0 Å². The molecule has 19 heavy (non-hydrogen) atoms. The molecule has 1 aromatic rings. The van der Waals surface area contributed by atoms with Gasteiger partial charge in [-0.1, -0.05) is 6.07 Å². The molecule has 104 valence electrons. The summed E-state index contributed by atoms with van der Waals surface area (Å²) in [4.78, 5) is 13.7. The molecule has 0 aromatic heterocycles. The van der Waals surface area contributed by atoms with Crippen molar-refractivity contribution in [2.75, 3.05) is 19.7 Å². The first-order valence-electron chi connectivity index (χ1n) is 6.77. The Hall–Kier alpha value is -1.55. The van der Waals surface area contributed by atoms with Crippen LogP contribution in [0.15, 0.2) is 18.2 Å². The van der Waals surface area contributed by atoms with Gasteiger partial charge in [-0.3, -0.25) is 4.79 Å². The van der Waals surface area contributed by atoms with Gasteiger partial charge in [-0.15, -0.1) is 0 Å². The minimum absolute atomic E-state index is 0.0523. The molecule has 4 heteroatoms. The van der Waals surface area contributed by atoms with Crippen molar-refractivity contribution in [3.8, 4) is 5.75 Å². The number of amides is 1. The summed E-state index contributed by atoms with van der Waals surface area (Å²) >= 11 is 0. The van der Waals surface area contributed by atoms with Crippen LogP contribution in [0.25, 0.3) is 0 Å². The summed E-state index contributed by atoms with van der Waals surface area (Å²) < 4.78 is 5.57. The fourth-order valence-corrected chi connectivity index (χ4v) is 2.29. The number of hydrogen-bond acceptors (Lipinski definition) is 3. The quantitative estimate of drug-likeness (QED) is 0.904. The van der Waals surface area contributed by atoms with E-state index < -0.39 is 6.10 Å². The zero-order valence-corrected chi connectivity index (χ0v) is 11.6. The fraction of sp³-hybridized carbons (Fsp3) is 0.533. The summed E-state index contributed by atoms with van der Waals surface area (Å²) in [6.07, 6.45) is 1.70. The van der Waals surface area contributed by atoms with Crippen LogP contribution in [0, 0.1) is 6.92 Å². The Labute approximate surface area is 114 Å². The van der Waals surface area contributed by atoms with Crippen LogP contribution in [-0.2, 0) is 4.79 Å². The number of hydrogen-bond donors (Lipinski definition) is 1. The number of nitrogens with zero attached hydrogens (tertiary/aromatic N) is 1.